The molecule has 1 N–H and O–H groups in total. The van der Waals surface area contributed by atoms with Crippen LogP contribution in [0.5, 0.6) is 0 Å². The Morgan fingerprint density at radius 1 is 1.06 bits per heavy atom. The third-order valence-corrected chi connectivity index (χ3v) is 9.73. The number of hydrogen-bond acceptors (Lipinski definition) is 3. The fraction of sp³-hybridized carbons (Fsp3) is 0.621. The lowest BCUT2D eigenvalue weighted by atomic mass is 9.47. The molecule has 4 aliphatic rings. The summed E-state index contributed by atoms with van der Waals surface area (Å²) in [5, 5.41) is 11.8. The number of carbonyl (C=O) groups is 1. The van der Waals surface area contributed by atoms with E-state index in [1.165, 1.54) is 12.5 Å². The molecule has 5 rings (SSSR count). The van der Waals surface area contributed by atoms with Crippen molar-refractivity contribution in [3.05, 3.63) is 47.5 Å². The minimum Gasteiger partial charge on any atom is -0.462 e. The fourth-order valence-electron chi connectivity index (χ4n) is 7.88. The normalized spacial score (nSPS) is 42.4. The predicted octanol–water partition coefficient (Wildman–Crippen LogP) is 5.66. The summed E-state index contributed by atoms with van der Waals surface area (Å²) in [5.41, 5.74) is 1.64. The van der Waals surface area contributed by atoms with E-state index in [4.69, 9.17) is 4.74 Å². The monoisotopic (exact) mass is 432 g/mol. The van der Waals surface area contributed by atoms with Gasteiger partial charge in [-0.2, -0.15) is 0 Å². The van der Waals surface area contributed by atoms with Gasteiger partial charge in [0.05, 0.1) is 0 Å². The summed E-state index contributed by atoms with van der Waals surface area (Å²) < 4.78 is 5.57. The number of esters is 1. The number of allylic oxidation sites excluding steroid dienone is 1. The second-order valence-electron chi connectivity index (χ2n) is 11.2. The summed E-state index contributed by atoms with van der Waals surface area (Å²) in [7, 11) is 0. The van der Waals surface area contributed by atoms with Crippen LogP contribution >= 0.6 is 0 Å². The van der Waals surface area contributed by atoms with Gasteiger partial charge in [-0.1, -0.05) is 55.5 Å². The molecule has 7 atom stereocenters. The first kappa shape index (κ1) is 21.8. The van der Waals surface area contributed by atoms with Crippen LogP contribution in [0.3, 0.4) is 0 Å². The molecule has 0 heterocycles. The highest BCUT2D eigenvalue weighted by Gasteiger charge is 2.63. The number of hydrogen-bond donors (Lipinski definition) is 1. The van der Waals surface area contributed by atoms with Gasteiger partial charge in [-0.25, -0.2) is 0 Å². The Bertz CT molecular complexity index is 985. The van der Waals surface area contributed by atoms with Crippen LogP contribution < -0.4 is 0 Å². The van der Waals surface area contributed by atoms with E-state index in [1.54, 1.807) is 0 Å². The maximum absolute atomic E-state index is 11.8. The lowest BCUT2D eigenvalue weighted by Crippen LogP contribution is -2.54. The highest BCUT2D eigenvalue weighted by Crippen LogP contribution is 2.67. The van der Waals surface area contributed by atoms with E-state index in [9.17, 15) is 9.90 Å². The maximum atomic E-state index is 11.8. The average Bonchev–Trinajstić information content (AvgIpc) is 3.04. The zero-order valence-electron chi connectivity index (χ0n) is 19.7. The highest BCUT2D eigenvalue weighted by molar-refractivity contribution is 5.66. The summed E-state index contributed by atoms with van der Waals surface area (Å²) in [4.78, 5) is 11.5. The lowest BCUT2D eigenvalue weighted by molar-refractivity contribution is -0.149. The zero-order valence-corrected chi connectivity index (χ0v) is 19.7. The third kappa shape index (κ3) is 3.34. The summed E-state index contributed by atoms with van der Waals surface area (Å²) in [6.07, 6.45) is 10.6. The molecule has 0 bridgehead atoms. The molecule has 0 saturated heterocycles. The Labute approximate surface area is 192 Å². The van der Waals surface area contributed by atoms with Crippen molar-refractivity contribution in [1.82, 2.24) is 0 Å². The highest BCUT2D eigenvalue weighted by atomic mass is 16.5. The van der Waals surface area contributed by atoms with Gasteiger partial charge < -0.3 is 9.84 Å². The van der Waals surface area contributed by atoms with Crippen LogP contribution in [0, 0.1) is 40.4 Å². The van der Waals surface area contributed by atoms with Crippen molar-refractivity contribution in [3.63, 3.8) is 0 Å². The van der Waals surface area contributed by atoms with Crippen LogP contribution in [0.4, 0.5) is 0 Å². The predicted molar refractivity (Wildman–Crippen MR) is 126 cm³/mol. The van der Waals surface area contributed by atoms with Crippen molar-refractivity contribution in [2.75, 3.05) is 0 Å². The maximum Gasteiger partial charge on any atom is 0.302 e. The Morgan fingerprint density at radius 3 is 2.56 bits per heavy atom. The van der Waals surface area contributed by atoms with Crippen LogP contribution in [-0.2, 0) is 9.53 Å². The number of rotatable bonds is 1. The van der Waals surface area contributed by atoms with Crippen LogP contribution in [0.2, 0.25) is 0 Å². The second-order valence-corrected chi connectivity index (χ2v) is 11.2. The van der Waals surface area contributed by atoms with Crippen molar-refractivity contribution >= 4 is 5.97 Å². The molecular weight excluding hydrogens is 396 g/mol. The SMILES string of the molecule is CC(=O)O[C@H]1CC[C@]2(C)C(=CC[C@H]3[C@H]4CC[C@@](O)(C#Cc5ccccc5)[C@@]4(C)CC[C@@H]32)C1. The number of benzene rings is 1. The molecule has 0 spiro atoms. The summed E-state index contributed by atoms with van der Waals surface area (Å²) in [5.74, 6) is 8.23. The fourth-order valence-corrected chi connectivity index (χ4v) is 7.88. The summed E-state index contributed by atoms with van der Waals surface area (Å²) in [6.45, 7) is 6.28. The van der Waals surface area contributed by atoms with Gasteiger partial charge in [-0.15, -0.1) is 0 Å². The van der Waals surface area contributed by atoms with Crippen molar-refractivity contribution in [3.8, 4) is 11.8 Å². The molecule has 3 saturated carbocycles. The molecule has 4 aliphatic carbocycles. The van der Waals surface area contributed by atoms with Gasteiger partial charge in [0, 0.05) is 24.3 Å². The van der Waals surface area contributed by atoms with E-state index >= 15 is 0 Å². The summed E-state index contributed by atoms with van der Waals surface area (Å²) >= 11 is 0. The molecule has 3 heteroatoms. The van der Waals surface area contributed by atoms with E-state index < -0.39 is 5.60 Å². The molecule has 0 aromatic heterocycles. The Morgan fingerprint density at radius 2 is 1.81 bits per heavy atom. The molecule has 1 aromatic carbocycles. The van der Waals surface area contributed by atoms with Crippen molar-refractivity contribution in [2.24, 2.45) is 28.6 Å². The number of aliphatic hydroxyl groups is 1. The lowest BCUT2D eigenvalue weighted by Gasteiger charge is -2.58. The number of carbonyl (C=O) groups excluding carboxylic acids is 1. The van der Waals surface area contributed by atoms with Crippen molar-refractivity contribution < 1.29 is 14.6 Å². The Balaban J connectivity index is 1.40. The Hall–Kier alpha value is -2.05. The molecule has 170 valence electrons. The van der Waals surface area contributed by atoms with Gasteiger partial charge in [0.15, 0.2) is 0 Å². The minimum atomic E-state index is -0.906. The molecule has 0 radical (unpaired) electrons. The van der Waals surface area contributed by atoms with Crippen LogP contribution in [0.1, 0.15) is 77.7 Å². The average molecular weight is 433 g/mol. The van der Waals surface area contributed by atoms with E-state index in [2.05, 4.69) is 31.8 Å². The molecule has 1 aromatic rings. The zero-order chi connectivity index (χ0) is 22.6. The smallest absolute Gasteiger partial charge is 0.302 e. The molecule has 3 fully saturated rings. The molecule has 0 amide bonds. The third-order valence-electron chi connectivity index (χ3n) is 9.73. The molecule has 3 nitrogen and oxygen atoms in total. The van der Waals surface area contributed by atoms with Gasteiger partial charge >= 0.3 is 5.97 Å². The van der Waals surface area contributed by atoms with Gasteiger partial charge in [-0.05, 0) is 80.2 Å². The first-order valence-corrected chi connectivity index (χ1v) is 12.4. The van der Waals surface area contributed by atoms with Crippen LogP contribution in [-0.4, -0.2) is 22.8 Å². The van der Waals surface area contributed by atoms with Gasteiger partial charge in [-0.3, -0.25) is 4.79 Å². The standard InChI is InChI=1S/C29H36O3/c1-20(30)32-23-12-15-27(2)22(19-23)9-10-24-25(27)13-16-28(3)26(24)14-18-29(28,31)17-11-21-7-5-4-6-8-21/h4-9,23-26,31H,10,12-16,18-19H2,1-3H3/t23-,24+,25-,26+,27+,28-,29-/m0/s1. The minimum absolute atomic E-state index is 0.0436. The Kier molecular flexibility index (Phi) is 5.29. The molecular formula is C29H36O3. The number of ether oxygens (including phenoxy) is 1. The van der Waals surface area contributed by atoms with Gasteiger partial charge in [0.25, 0.3) is 0 Å². The molecule has 0 aliphatic heterocycles. The first-order chi connectivity index (χ1) is 15.3. The van der Waals surface area contributed by atoms with E-state index in [0.717, 1.165) is 56.9 Å². The van der Waals surface area contributed by atoms with Gasteiger partial charge in [0.1, 0.15) is 11.7 Å². The van der Waals surface area contributed by atoms with Crippen LogP contribution in [0.15, 0.2) is 42.0 Å². The number of fused-ring (bicyclic) bond motifs is 5. The van der Waals surface area contributed by atoms with Gasteiger partial charge in [0.2, 0.25) is 0 Å². The van der Waals surface area contributed by atoms with E-state index in [1.807, 2.05) is 30.3 Å². The van der Waals surface area contributed by atoms with E-state index in [-0.39, 0.29) is 22.9 Å². The first-order valence-electron chi connectivity index (χ1n) is 12.4. The summed E-state index contributed by atoms with van der Waals surface area (Å²) in [6, 6.07) is 10.0. The van der Waals surface area contributed by atoms with E-state index in [0.29, 0.717) is 17.8 Å². The molecule has 32 heavy (non-hydrogen) atoms. The second kappa shape index (κ2) is 7.77. The van der Waals surface area contributed by atoms with Crippen molar-refractivity contribution in [2.45, 2.75) is 83.8 Å². The molecule has 0 unspecified atom stereocenters. The topological polar surface area (TPSA) is 46.5 Å². The van der Waals surface area contributed by atoms with Crippen LogP contribution in [0.25, 0.3) is 0 Å². The largest absolute Gasteiger partial charge is 0.462 e. The quantitative estimate of drug-likeness (QED) is 0.354. The van der Waals surface area contributed by atoms with Crippen molar-refractivity contribution in [1.29, 1.82) is 0 Å².